The molecule has 13 heteroatoms. The number of nitrogens with two attached hydrogens (primary N) is 1. The Hall–Kier alpha value is -1.76. The Bertz CT molecular complexity index is 829. The summed E-state index contributed by atoms with van der Waals surface area (Å²) in [7, 11) is 1.43. The van der Waals surface area contributed by atoms with Gasteiger partial charge in [0.15, 0.2) is 5.16 Å². The van der Waals surface area contributed by atoms with E-state index in [4.69, 9.17) is 5.73 Å². The lowest BCUT2D eigenvalue weighted by Crippen LogP contribution is -2.68. The van der Waals surface area contributed by atoms with E-state index in [1.807, 2.05) is 0 Å². The van der Waals surface area contributed by atoms with Crippen LogP contribution < -0.4 is 11.3 Å². The number of carbonyl (C=O) groups is 2. The molecule has 1 aromatic rings. The summed E-state index contributed by atoms with van der Waals surface area (Å²) in [5, 5.41) is 25.6. The molecule has 3 heterocycles. The van der Waals surface area contributed by atoms with Crippen LogP contribution in [0.1, 0.15) is 0 Å². The Morgan fingerprint density at radius 2 is 2.12 bits per heavy atom. The molecule has 0 radical (unpaired) electrons. The van der Waals surface area contributed by atoms with E-state index in [2.05, 4.69) is 10.2 Å². The first-order valence-electron chi connectivity index (χ1n) is 6.74. The summed E-state index contributed by atoms with van der Waals surface area (Å²) in [5.74, 6) is -1.68. The van der Waals surface area contributed by atoms with E-state index in [0.717, 1.165) is 16.3 Å². The zero-order valence-electron chi connectivity index (χ0n) is 12.8. The first-order valence-corrected chi connectivity index (χ1v) is 8.77. The van der Waals surface area contributed by atoms with Crippen molar-refractivity contribution in [3.05, 3.63) is 21.6 Å². The van der Waals surface area contributed by atoms with Gasteiger partial charge in [-0.3, -0.25) is 19.1 Å². The van der Waals surface area contributed by atoms with Crippen LogP contribution in [-0.4, -0.2) is 64.7 Å². The average molecular weight is 408 g/mol. The third-order valence-electron chi connectivity index (χ3n) is 3.68. The number of carboxylic acids is 1. The second kappa shape index (κ2) is 7.23. The third kappa shape index (κ3) is 3.21. The third-order valence-corrected chi connectivity index (χ3v) is 6.15. The van der Waals surface area contributed by atoms with Crippen molar-refractivity contribution in [1.29, 1.82) is 0 Å². The number of aromatic nitrogens is 3. The summed E-state index contributed by atoms with van der Waals surface area (Å²) < 4.78 is 1.12. The SMILES string of the molecule is Cl.Cn1c(SCC2=C(C(=O)O)N3C(=O)C(N)[C@@H]3SC2)nnc(O)c1=O. The van der Waals surface area contributed by atoms with Crippen LogP contribution in [0.2, 0.25) is 0 Å². The number of thioether (sulfide) groups is 2. The highest BCUT2D eigenvalue weighted by Gasteiger charge is 2.51. The predicted molar refractivity (Wildman–Crippen MR) is 92.6 cm³/mol. The number of aliphatic carboxylic acids is 1. The lowest BCUT2D eigenvalue weighted by Gasteiger charge is -2.48. The second-order valence-electron chi connectivity index (χ2n) is 5.15. The molecule has 4 N–H and O–H groups in total. The fraction of sp³-hybridized carbons (Fsp3) is 0.417. The molecule has 136 valence electrons. The number of amides is 1. The fourth-order valence-corrected chi connectivity index (χ4v) is 4.74. The number of halogens is 1. The van der Waals surface area contributed by atoms with E-state index in [1.165, 1.54) is 23.7 Å². The Balaban J connectivity index is 0.00000225. The van der Waals surface area contributed by atoms with Gasteiger partial charge in [-0.2, -0.15) is 0 Å². The van der Waals surface area contributed by atoms with Gasteiger partial charge in [-0.25, -0.2) is 4.79 Å². The number of carbonyl (C=O) groups excluding carboxylic acids is 1. The number of aromatic hydroxyl groups is 1. The van der Waals surface area contributed by atoms with Crippen molar-refractivity contribution in [2.45, 2.75) is 16.6 Å². The van der Waals surface area contributed by atoms with Crippen molar-refractivity contribution >= 4 is 47.8 Å². The van der Waals surface area contributed by atoms with E-state index in [1.54, 1.807) is 0 Å². The van der Waals surface area contributed by atoms with Crippen LogP contribution in [0.5, 0.6) is 5.88 Å². The van der Waals surface area contributed by atoms with Crippen molar-refractivity contribution < 1.29 is 19.8 Å². The van der Waals surface area contributed by atoms with Gasteiger partial charge in [-0.1, -0.05) is 11.8 Å². The van der Waals surface area contributed by atoms with Crippen molar-refractivity contribution in [2.24, 2.45) is 12.8 Å². The van der Waals surface area contributed by atoms with Gasteiger partial charge in [-0.15, -0.1) is 34.4 Å². The van der Waals surface area contributed by atoms with Crippen LogP contribution in [0.3, 0.4) is 0 Å². The van der Waals surface area contributed by atoms with Crippen LogP contribution in [0.15, 0.2) is 21.2 Å². The number of hydrogen-bond donors (Lipinski definition) is 3. The summed E-state index contributed by atoms with van der Waals surface area (Å²) in [5.41, 5.74) is 5.47. The van der Waals surface area contributed by atoms with E-state index >= 15 is 0 Å². The lowest BCUT2D eigenvalue weighted by atomic mass is 10.0. The van der Waals surface area contributed by atoms with E-state index < -0.39 is 29.4 Å². The topological polar surface area (TPSA) is 152 Å². The van der Waals surface area contributed by atoms with Gasteiger partial charge in [0.05, 0.1) is 0 Å². The van der Waals surface area contributed by atoms with Crippen molar-refractivity contribution in [3.8, 4) is 5.88 Å². The molecule has 0 aliphatic carbocycles. The highest BCUT2D eigenvalue weighted by molar-refractivity contribution is 8.01. The van der Waals surface area contributed by atoms with Crippen LogP contribution in [-0.2, 0) is 16.6 Å². The van der Waals surface area contributed by atoms with Gasteiger partial charge in [0.25, 0.3) is 5.88 Å². The molecule has 2 aliphatic heterocycles. The Labute approximate surface area is 155 Å². The van der Waals surface area contributed by atoms with Crippen molar-refractivity contribution in [3.63, 3.8) is 0 Å². The summed E-state index contributed by atoms with van der Waals surface area (Å²) in [6.45, 7) is 0. The van der Waals surface area contributed by atoms with Gasteiger partial charge >= 0.3 is 11.5 Å². The molecular weight excluding hydrogens is 394 g/mol. The van der Waals surface area contributed by atoms with Gasteiger partial charge in [0, 0.05) is 18.6 Å². The molecular formula is C12H14ClN5O5S2. The van der Waals surface area contributed by atoms with Crippen LogP contribution in [0.25, 0.3) is 0 Å². The molecule has 3 rings (SSSR count). The largest absolute Gasteiger partial charge is 0.488 e. The Kier molecular flexibility index (Phi) is 5.66. The molecule has 0 spiro atoms. The predicted octanol–water partition coefficient (Wildman–Crippen LogP) is -1.02. The lowest BCUT2D eigenvalue weighted by molar-refractivity contribution is -0.147. The minimum atomic E-state index is -1.19. The molecule has 25 heavy (non-hydrogen) atoms. The molecule has 2 aliphatic rings. The summed E-state index contributed by atoms with van der Waals surface area (Å²) in [4.78, 5) is 36.2. The van der Waals surface area contributed by atoms with Gasteiger partial charge in [0.2, 0.25) is 5.91 Å². The van der Waals surface area contributed by atoms with Crippen LogP contribution in [0, 0.1) is 0 Å². The molecule has 1 aromatic heterocycles. The molecule has 1 fully saturated rings. The number of rotatable bonds is 4. The molecule has 10 nitrogen and oxygen atoms in total. The molecule has 0 bridgehead atoms. The monoisotopic (exact) mass is 407 g/mol. The van der Waals surface area contributed by atoms with Crippen molar-refractivity contribution in [1.82, 2.24) is 19.7 Å². The van der Waals surface area contributed by atoms with Gasteiger partial charge in [-0.05, 0) is 5.57 Å². The maximum absolute atomic E-state index is 11.9. The maximum Gasteiger partial charge on any atom is 0.352 e. The number of carboxylic acid groups (broad SMARTS) is 1. The highest BCUT2D eigenvalue weighted by atomic mass is 35.5. The summed E-state index contributed by atoms with van der Waals surface area (Å²) in [6.07, 6.45) is 0. The molecule has 1 unspecified atom stereocenters. The quantitative estimate of drug-likeness (QED) is 0.417. The van der Waals surface area contributed by atoms with Crippen LogP contribution in [0.4, 0.5) is 0 Å². The Morgan fingerprint density at radius 1 is 1.44 bits per heavy atom. The van der Waals surface area contributed by atoms with Crippen molar-refractivity contribution in [2.75, 3.05) is 11.5 Å². The molecule has 0 saturated carbocycles. The number of nitrogens with zero attached hydrogens (tertiary/aromatic N) is 4. The molecule has 1 amide bonds. The molecule has 2 atom stereocenters. The second-order valence-corrected chi connectivity index (χ2v) is 7.20. The average Bonchev–Trinajstić information content (AvgIpc) is 2.57. The summed E-state index contributed by atoms with van der Waals surface area (Å²) >= 11 is 2.50. The number of β-lactam (4-membered cyclic amide) rings is 1. The molecule has 0 aromatic carbocycles. The van der Waals surface area contributed by atoms with E-state index in [0.29, 0.717) is 11.3 Å². The van der Waals surface area contributed by atoms with Gasteiger partial charge in [0.1, 0.15) is 17.1 Å². The highest BCUT2D eigenvalue weighted by Crippen LogP contribution is 2.40. The number of hydrogen-bond acceptors (Lipinski definition) is 9. The maximum atomic E-state index is 11.9. The Morgan fingerprint density at radius 3 is 2.76 bits per heavy atom. The summed E-state index contributed by atoms with van der Waals surface area (Å²) in [6, 6.07) is -0.678. The minimum Gasteiger partial charge on any atom is -0.488 e. The van der Waals surface area contributed by atoms with E-state index in [9.17, 15) is 24.6 Å². The minimum absolute atomic E-state index is 0. The number of fused-ring (bicyclic) bond motifs is 1. The zero-order chi connectivity index (χ0) is 17.6. The molecule has 1 saturated heterocycles. The smallest absolute Gasteiger partial charge is 0.352 e. The first kappa shape index (κ1) is 19.6. The van der Waals surface area contributed by atoms with Crippen LogP contribution >= 0.6 is 35.9 Å². The fourth-order valence-electron chi connectivity index (χ4n) is 2.41. The zero-order valence-corrected chi connectivity index (χ0v) is 15.2. The van der Waals surface area contributed by atoms with E-state index in [-0.39, 0.29) is 34.4 Å². The standard InChI is InChI=1S/C12H13N5O5S2.ClH/c1-16-9(20)7(18)14-15-12(16)24-3-4-2-23-10-5(13)8(19)17(10)6(4)11(21)22;/h5,10H,2-3,13H2,1H3,(H,14,18)(H,21,22);1H/t5?,10-;/m0./s1. The normalized spacial score (nSPS) is 22.2. The first-order chi connectivity index (χ1) is 11.3. The van der Waals surface area contributed by atoms with Gasteiger partial charge < -0.3 is 15.9 Å².